The van der Waals surface area contributed by atoms with Gasteiger partial charge in [-0.15, -0.1) is 0 Å². The molecule has 0 atom stereocenters. The van der Waals surface area contributed by atoms with E-state index in [1.165, 1.54) is 12.5 Å². The molecular weight excluding hydrogens is 182 g/mol. The van der Waals surface area contributed by atoms with Crippen molar-refractivity contribution in [2.45, 2.75) is 0 Å². The highest BCUT2D eigenvalue weighted by molar-refractivity contribution is 5.98. The van der Waals surface area contributed by atoms with Crippen LogP contribution in [0.3, 0.4) is 0 Å². The molecule has 5 heteroatoms. The minimum absolute atomic E-state index is 0.357. The number of nitrogens with two attached hydrogens (primary N) is 1. The number of nitrogens with zero attached hydrogens (tertiary/aromatic N) is 2. The van der Waals surface area contributed by atoms with Gasteiger partial charge in [0.2, 0.25) is 0 Å². The standard InChI is InChI=1S/C9H7N3O2/c10-9(13)7-2-1-3-11-8(7)6-4-12-14-5-6/h1-5H,(H2,10,13). The zero-order chi connectivity index (χ0) is 9.97. The maximum atomic E-state index is 11.0. The number of pyridine rings is 1. The molecule has 2 aromatic heterocycles. The molecule has 2 N–H and O–H groups in total. The molecule has 2 rings (SSSR count). The van der Waals surface area contributed by atoms with E-state index in [1.54, 1.807) is 18.3 Å². The molecule has 5 nitrogen and oxygen atoms in total. The molecule has 0 spiro atoms. The van der Waals surface area contributed by atoms with Crippen molar-refractivity contribution in [3.05, 3.63) is 36.4 Å². The first-order valence-electron chi connectivity index (χ1n) is 3.93. The van der Waals surface area contributed by atoms with Crippen LogP contribution < -0.4 is 5.73 Å². The van der Waals surface area contributed by atoms with Crippen molar-refractivity contribution in [3.8, 4) is 11.3 Å². The number of carbonyl (C=O) groups is 1. The van der Waals surface area contributed by atoms with E-state index in [9.17, 15) is 4.79 Å². The van der Waals surface area contributed by atoms with Gasteiger partial charge in [0, 0.05) is 6.20 Å². The monoisotopic (exact) mass is 189 g/mol. The minimum Gasteiger partial charge on any atom is -0.366 e. The lowest BCUT2D eigenvalue weighted by molar-refractivity contribution is 0.100. The molecule has 0 bridgehead atoms. The van der Waals surface area contributed by atoms with Crippen LogP contribution in [0.25, 0.3) is 11.3 Å². The molecule has 0 saturated carbocycles. The molecular formula is C9H7N3O2. The quantitative estimate of drug-likeness (QED) is 0.758. The fourth-order valence-electron chi connectivity index (χ4n) is 1.16. The summed E-state index contributed by atoms with van der Waals surface area (Å²) in [7, 11) is 0. The van der Waals surface area contributed by atoms with Crippen LogP contribution in [0.5, 0.6) is 0 Å². The molecule has 0 aliphatic carbocycles. The van der Waals surface area contributed by atoms with Crippen LogP contribution in [0.15, 0.2) is 35.3 Å². The number of primary amides is 1. The second-order valence-electron chi connectivity index (χ2n) is 2.68. The number of amides is 1. The third-order valence-corrected chi connectivity index (χ3v) is 1.78. The number of carbonyl (C=O) groups excluding carboxylic acids is 1. The molecule has 0 radical (unpaired) electrons. The second-order valence-corrected chi connectivity index (χ2v) is 2.68. The molecule has 0 aromatic carbocycles. The van der Waals surface area contributed by atoms with Gasteiger partial charge in [0.05, 0.1) is 23.0 Å². The van der Waals surface area contributed by atoms with Crippen LogP contribution in [0.4, 0.5) is 0 Å². The third-order valence-electron chi connectivity index (χ3n) is 1.78. The number of hydrogen-bond donors (Lipinski definition) is 1. The van der Waals surface area contributed by atoms with Gasteiger partial charge >= 0.3 is 0 Å². The highest BCUT2D eigenvalue weighted by atomic mass is 16.5. The number of rotatable bonds is 2. The molecule has 1 amide bonds. The van der Waals surface area contributed by atoms with Crippen LogP contribution in [0.1, 0.15) is 10.4 Å². The average molecular weight is 189 g/mol. The Morgan fingerprint density at radius 3 is 3.00 bits per heavy atom. The summed E-state index contributed by atoms with van der Waals surface area (Å²) < 4.78 is 4.66. The van der Waals surface area contributed by atoms with E-state index in [4.69, 9.17) is 5.73 Å². The van der Waals surface area contributed by atoms with Crippen molar-refractivity contribution in [2.75, 3.05) is 0 Å². The zero-order valence-electron chi connectivity index (χ0n) is 7.18. The number of aromatic nitrogens is 2. The second kappa shape index (κ2) is 3.29. The van der Waals surface area contributed by atoms with Crippen LogP contribution in [0, 0.1) is 0 Å². The molecule has 0 unspecified atom stereocenters. The number of hydrogen-bond acceptors (Lipinski definition) is 4. The largest absolute Gasteiger partial charge is 0.366 e. The summed E-state index contributed by atoms with van der Waals surface area (Å²) in [5.41, 5.74) is 6.67. The minimum atomic E-state index is -0.519. The highest BCUT2D eigenvalue weighted by Gasteiger charge is 2.11. The summed E-state index contributed by atoms with van der Waals surface area (Å²) in [5.74, 6) is -0.519. The van der Waals surface area contributed by atoms with Gasteiger partial charge in [-0.3, -0.25) is 9.78 Å². The molecule has 70 valence electrons. The summed E-state index contributed by atoms with van der Waals surface area (Å²) in [6.07, 6.45) is 4.47. The molecule has 2 aromatic rings. The normalized spacial score (nSPS) is 10.0. The van der Waals surface area contributed by atoms with Crippen molar-refractivity contribution < 1.29 is 9.32 Å². The van der Waals surface area contributed by atoms with E-state index in [0.29, 0.717) is 16.8 Å². The Hall–Kier alpha value is -2.17. The van der Waals surface area contributed by atoms with E-state index in [0.717, 1.165) is 0 Å². The molecule has 0 saturated heterocycles. The first-order chi connectivity index (χ1) is 6.79. The smallest absolute Gasteiger partial charge is 0.250 e. The zero-order valence-corrected chi connectivity index (χ0v) is 7.18. The van der Waals surface area contributed by atoms with Gasteiger partial charge < -0.3 is 10.3 Å². The lowest BCUT2D eigenvalue weighted by atomic mass is 10.1. The SMILES string of the molecule is NC(=O)c1cccnc1-c1cnoc1. The van der Waals surface area contributed by atoms with Gasteiger partial charge in [-0.2, -0.15) is 0 Å². The average Bonchev–Trinajstić information content (AvgIpc) is 2.70. The van der Waals surface area contributed by atoms with Gasteiger partial charge in [-0.1, -0.05) is 5.16 Å². The van der Waals surface area contributed by atoms with E-state index in [2.05, 4.69) is 14.7 Å². The van der Waals surface area contributed by atoms with Crippen molar-refractivity contribution >= 4 is 5.91 Å². The Kier molecular flexibility index (Phi) is 1.98. The Morgan fingerprint density at radius 1 is 1.50 bits per heavy atom. The Morgan fingerprint density at radius 2 is 2.36 bits per heavy atom. The van der Waals surface area contributed by atoms with Crippen LogP contribution in [0.2, 0.25) is 0 Å². The fourth-order valence-corrected chi connectivity index (χ4v) is 1.16. The highest BCUT2D eigenvalue weighted by Crippen LogP contribution is 2.19. The topological polar surface area (TPSA) is 82.0 Å². The summed E-state index contributed by atoms with van der Waals surface area (Å²) in [5, 5.41) is 3.53. The fraction of sp³-hybridized carbons (Fsp3) is 0. The lowest BCUT2D eigenvalue weighted by Crippen LogP contribution is -2.12. The van der Waals surface area contributed by atoms with Gasteiger partial charge in [-0.05, 0) is 12.1 Å². The van der Waals surface area contributed by atoms with Crippen LogP contribution in [-0.2, 0) is 0 Å². The summed E-state index contributed by atoms with van der Waals surface area (Å²) >= 11 is 0. The van der Waals surface area contributed by atoms with Crippen LogP contribution in [-0.4, -0.2) is 16.0 Å². The van der Waals surface area contributed by atoms with Crippen molar-refractivity contribution in [1.29, 1.82) is 0 Å². The predicted octanol–water partition coefficient (Wildman–Crippen LogP) is 0.836. The maximum absolute atomic E-state index is 11.0. The van der Waals surface area contributed by atoms with Gasteiger partial charge in [-0.25, -0.2) is 0 Å². The first kappa shape index (κ1) is 8.43. The molecule has 14 heavy (non-hydrogen) atoms. The van der Waals surface area contributed by atoms with Gasteiger partial charge in [0.1, 0.15) is 6.26 Å². The van der Waals surface area contributed by atoms with E-state index in [-0.39, 0.29) is 0 Å². The molecule has 2 heterocycles. The third kappa shape index (κ3) is 1.35. The van der Waals surface area contributed by atoms with Crippen molar-refractivity contribution in [3.63, 3.8) is 0 Å². The van der Waals surface area contributed by atoms with E-state index < -0.39 is 5.91 Å². The predicted molar refractivity (Wildman–Crippen MR) is 48.3 cm³/mol. The first-order valence-corrected chi connectivity index (χ1v) is 3.93. The van der Waals surface area contributed by atoms with Crippen molar-refractivity contribution in [1.82, 2.24) is 10.1 Å². The van der Waals surface area contributed by atoms with Crippen molar-refractivity contribution in [2.24, 2.45) is 5.73 Å². The summed E-state index contributed by atoms with van der Waals surface area (Å²) in [4.78, 5) is 15.1. The van der Waals surface area contributed by atoms with Crippen LogP contribution >= 0.6 is 0 Å². The Balaban J connectivity index is 2.58. The Labute approximate surface area is 79.5 Å². The van der Waals surface area contributed by atoms with Gasteiger partial charge in [0.15, 0.2) is 0 Å². The molecule has 0 fully saturated rings. The lowest BCUT2D eigenvalue weighted by Gasteiger charge is -2.00. The Bertz CT molecular complexity index is 451. The van der Waals surface area contributed by atoms with E-state index >= 15 is 0 Å². The maximum Gasteiger partial charge on any atom is 0.250 e. The summed E-state index contributed by atoms with van der Waals surface area (Å²) in [6, 6.07) is 3.26. The summed E-state index contributed by atoms with van der Waals surface area (Å²) in [6.45, 7) is 0. The molecule has 0 aliphatic heterocycles. The van der Waals surface area contributed by atoms with E-state index in [1.807, 2.05) is 0 Å². The van der Waals surface area contributed by atoms with Gasteiger partial charge in [0.25, 0.3) is 5.91 Å². The molecule has 0 aliphatic rings.